The number of halogens is 1. The molecule has 1 rings (SSSR count). The first-order chi connectivity index (χ1) is 8.22. The normalized spacial score (nSPS) is 19.1. The van der Waals surface area contributed by atoms with Gasteiger partial charge < -0.3 is 15.8 Å². The molecule has 3 N–H and O–H groups in total. The first kappa shape index (κ1) is 17.9. The maximum Gasteiger partial charge on any atom is 0.188 e. The Morgan fingerprint density at radius 2 is 2.11 bits per heavy atom. The lowest BCUT2D eigenvalue weighted by Crippen LogP contribution is -2.39. The van der Waals surface area contributed by atoms with Gasteiger partial charge in [0.1, 0.15) is 0 Å². The molecule has 0 saturated carbocycles. The molecule has 0 radical (unpaired) electrons. The SMILES string of the molecule is CCCNC(N)=NCC(C)CN1CCOCC1.I. The van der Waals surface area contributed by atoms with Crippen LogP contribution in [-0.4, -0.2) is 56.8 Å². The third kappa shape index (κ3) is 8.10. The summed E-state index contributed by atoms with van der Waals surface area (Å²) >= 11 is 0. The quantitative estimate of drug-likeness (QED) is 0.414. The molecule has 0 amide bonds. The first-order valence-corrected chi connectivity index (χ1v) is 6.56. The van der Waals surface area contributed by atoms with Gasteiger partial charge >= 0.3 is 0 Å². The van der Waals surface area contributed by atoms with Crippen molar-refractivity contribution >= 4 is 29.9 Å². The number of guanidine groups is 1. The second-order valence-electron chi connectivity index (χ2n) is 4.67. The zero-order valence-electron chi connectivity index (χ0n) is 11.5. The van der Waals surface area contributed by atoms with E-state index in [-0.39, 0.29) is 24.0 Å². The Labute approximate surface area is 128 Å². The Bertz CT molecular complexity index is 232. The van der Waals surface area contributed by atoms with E-state index in [9.17, 15) is 0 Å². The van der Waals surface area contributed by atoms with E-state index in [1.807, 2.05) is 0 Å². The maximum absolute atomic E-state index is 5.75. The molecule has 0 aromatic heterocycles. The Morgan fingerprint density at radius 3 is 2.72 bits per heavy atom. The average Bonchev–Trinajstić information content (AvgIpc) is 2.35. The molecule has 1 unspecified atom stereocenters. The standard InChI is InChI=1S/C12H26N4O.HI/c1-3-4-14-12(13)15-9-11(2)10-16-5-7-17-8-6-16;/h11H,3-10H2,1-2H3,(H3,13,14,15);1H. The molecule has 1 fully saturated rings. The van der Waals surface area contributed by atoms with Crippen LogP contribution in [0.25, 0.3) is 0 Å². The predicted octanol–water partition coefficient (Wildman–Crippen LogP) is 0.887. The lowest BCUT2D eigenvalue weighted by molar-refractivity contribution is 0.0323. The third-order valence-corrected chi connectivity index (χ3v) is 2.80. The van der Waals surface area contributed by atoms with Crippen LogP contribution in [0.1, 0.15) is 20.3 Å². The van der Waals surface area contributed by atoms with E-state index in [1.54, 1.807) is 0 Å². The summed E-state index contributed by atoms with van der Waals surface area (Å²) < 4.78 is 5.32. The highest BCUT2D eigenvalue weighted by atomic mass is 127. The van der Waals surface area contributed by atoms with Crippen LogP contribution in [0, 0.1) is 5.92 Å². The molecule has 1 atom stereocenters. The topological polar surface area (TPSA) is 62.9 Å². The van der Waals surface area contributed by atoms with Crippen LogP contribution in [0.3, 0.4) is 0 Å². The molecule has 0 aromatic rings. The fraction of sp³-hybridized carbons (Fsp3) is 0.917. The van der Waals surface area contributed by atoms with Crippen LogP contribution in [0.5, 0.6) is 0 Å². The van der Waals surface area contributed by atoms with Crippen molar-refractivity contribution in [3.05, 3.63) is 0 Å². The van der Waals surface area contributed by atoms with Gasteiger partial charge in [-0.25, -0.2) is 0 Å². The van der Waals surface area contributed by atoms with Crippen molar-refractivity contribution in [3.8, 4) is 0 Å². The Kier molecular flexibility index (Phi) is 10.8. The molecule has 1 aliphatic rings. The van der Waals surface area contributed by atoms with Gasteiger partial charge in [0.2, 0.25) is 0 Å². The summed E-state index contributed by atoms with van der Waals surface area (Å²) in [6, 6.07) is 0. The molecule has 5 nitrogen and oxygen atoms in total. The number of nitrogens with one attached hydrogen (secondary N) is 1. The highest BCUT2D eigenvalue weighted by Gasteiger charge is 2.13. The predicted molar refractivity (Wildman–Crippen MR) is 86.6 cm³/mol. The summed E-state index contributed by atoms with van der Waals surface area (Å²) in [6.07, 6.45) is 1.07. The fourth-order valence-corrected chi connectivity index (χ4v) is 1.85. The van der Waals surface area contributed by atoms with E-state index in [2.05, 4.69) is 29.1 Å². The van der Waals surface area contributed by atoms with Gasteiger partial charge in [0, 0.05) is 32.7 Å². The van der Waals surface area contributed by atoms with E-state index in [1.165, 1.54) is 0 Å². The van der Waals surface area contributed by atoms with Gasteiger partial charge in [-0.2, -0.15) is 0 Å². The zero-order chi connectivity index (χ0) is 12.5. The summed E-state index contributed by atoms with van der Waals surface area (Å²) in [6.45, 7) is 10.9. The Morgan fingerprint density at radius 1 is 1.44 bits per heavy atom. The zero-order valence-corrected chi connectivity index (χ0v) is 13.9. The van der Waals surface area contributed by atoms with Gasteiger partial charge in [-0.15, -0.1) is 24.0 Å². The maximum atomic E-state index is 5.75. The number of morpholine rings is 1. The second-order valence-corrected chi connectivity index (χ2v) is 4.67. The van der Waals surface area contributed by atoms with Crippen LogP contribution in [0.15, 0.2) is 4.99 Å². The molecule has 108 valence electrons. The molecule has 6 heteroatoms. The monoisotopic (exact) mass is 370 g/mol. The van der Waals surface area contributed by atoms with E-state index < -0.39 is 0 Å². The molecule has 0 spiro atoms. The smallest absolute Gasteiger partial charge is 0.188 e. The van der Waals surface area contributed by atoms with Crippen LogP contribution in [0.2, 0.25) is 0 Å². The van der Waals surface area contributed by atoms with Crippen molar-refractivity contribution in [3.63, 3.8) is 0 Å². The van der Waals surface area contributed by atoms with Crippen LogP contribution in [-0.2, 0) is 4.74 Å². The van der Waals surface area contributed by atoms with Gasteiger partial charge in [0.05, 0.1) is 13.2 Å². The lowest BCUT2D eigenvalue weighted by atomic mass is 10.1. The third-order valence-electron chi connectivity index (χ3n) is 2.80. The summed E-state index contributed by atoms with van der Waals surface area (Å²) in [5.41, 5.74) is 5.75. The molecule has 0 bridgehead atoms. The molecular formula is C12H27IN4O. The van der Waals surface area contributed by atoms with Crippen molar-refractivity contribution < 1.29 is 4.74 Å². The number of ether oxygens (including phenoxy) is 1. The van der Waals surface area contributed by atoms with Gasteiger partial charge in [-0.3, -0.25) is 9.89 Å². The summed E-state index contributed by atoms with van der Waals surface area (Å²) in [5.74, 6) is 1.11. The molecule has 1 aliphatic heterocycles. The minimum atomic E-state index is 0. The van der Waals surface area contributed by atoms with Gasteiger partial charge in [-0.1, -0.05) is 13.8 Å². The van der Waals surface area contributed by atoms with E-state index >= 15 is 0 Å². The van der Waals surface area contributed by atoms with Crippen LogP contribution >= 0.6 is 24.0 Å². The van der Waals surface area contributed by atoms with Crippen molar-refractivity contribution in [1.82, 2.24) is 10.2 Å². The van der Waals surface area contributed by atoms with E-state index in [4.69, 9.17) is 10.5 Å². The number of nitrogens with two attached hydrogens (primary N) is 1. The summed E-state index contributed by atoms with van der Waals surface area (Å²) in [7, 11) is 0. The fourth-order valence-electron chi connectivity index (χ4n) is 1.85. The molecule has 1 saturated heterocycles. The van der Waals surface area contributed by atoms with Crippen molar-refractivity contribution in [1.29, 1.82) is 0 Å². The largest absolute Gasteiger partial charge is 0.379 e. The second kappa shape index (κ2) is 10.8. The van der Waals surface area contributed by atoms with Gasteiger partial charge in [-0.05, 0) is 12.3 Å². The highest BCUT2D eigenvalue weighted by molar-refractivity contribution is 14.0. The Balaban J connectivity index is 0.00000289. The number of nitrogens with zero attached hydrogens (tertiary/aromatic N) is 2. The summed E-state index contributed by atoms with van der Waals surface area (Å²) in [5, 5.41) is 3.09. The van der Waals surface area contributed by atoms with Gasteiger partial charge in [0.25, 0.3) is 0 Å². The average molecular weight is 370 g/mol. The Hall–Kier alpha value is -0.0800. The first-order valence-electron chi connectivity index (χ1n) is 6.56. The summed E-state index contributed by atoms with van der Waals surface area (Å²) in [4.78, 5) is 6.78. The molecule has 18 heavy (non-hydrogen) atoms. The van der Waals surface area contributed by atoms with E-state index in [0.29, 0.717) is 11.9 Å². The van der Waals surface area contributed by atoms with Crippen LogP contribution < -0.4 is 11.1 Å². The highest BCUT2D eigenvalue weighted by Crippen LogP contribution is 2.03. The van der Waals surface area contributed by atoms with Crippen LogP contribution in [0.4, 0.5) is 0 Å². The number of rotatable bonds is 6. The van der Waals surface area contributed by atoms with Crippen molar-refractivity contribution in [2.45, 2.75) is 20.3 Å². The molecule has 1 heterocycles. The number of hydrogen-bond acceptors (Lipinski definition) is 3. The minimum absolute atomic E-state index is 0. The molecule has 0 aliphatic carbocycles. The number of hydrogen-bond donors (Lipinski definition) is 2. The van der Waals surface area contributed by atoms with Crippen molar-refractivity contribution in [2.24, 2.45) is 16.6 Å². The molecular weight excluding hydrogens is 343 g/mol. The van der Waals surface area contributed by atoms with Crippen molar-refractivity contribution in [2.75, 3.05) is 45.9 Å². The molecule has 0 aromatic carbocycles. The number of aliphatic imine (C=N–C) groups is 1. The lowest BCUT2D eigenvalue weighted by Gasteiger charge is -2.28. The van der Waals surface area contributed by atoms with E-state index in [0.717, 1.165) is 52.4 Å². The minimum Gasteiger partial charge on any atom is -0.379 e. The van der Waals surface area contributed by atoms with Gasteiger partial charge in [0.15, 0.2) is 5.96 Å².